The molecule has 0 radical (unpaired) electrons. The topological polar surface area (TPSA) is 39.2 Å². The van der Waals surface area contributed by atoms with Gasteiger partial charge >= 0.3 is 12.1 Å². The molecule has 2 rings (SSSR count). The van der Waals surface area contributed by atoms with Crippen molar-refractivity contribution in [3.8, 4) is 0 Å². The molecule has 1 aromatic carbocycles. The van der Waals surface area contributed by atoms with Crippen molar-refractivity contribution in [2.45, 2.75) is 13.1 Å². The highest BCUT2D eigenvalue weighted by Gasteiger charge is 2.30. The highest BCUT2D eigenvalue weighted by atomic mass is 79.9. The second kappa shape index (κ2) is 5.40. The third-order valence-corrected chi connectivity index (χ3v) is 3.48. The number of pyridine rings is 1. The molecular formula is C13H9BrF3NO2. The van der Waals surface area contributed by atoms with Crippen LogP contribution in [0.25, 0.3) is 10.9 Å². The number of hydrogen-bond acceptors (Lipinski definition) is 3. The summed E-state index contributed by atoms with van der Waals surface area (Å²) in [7, 11) is 0. The molecule has 20 heavy (non-hydrogen) atoms. The van der Waals surface area contributed by atoms with Gasteiger partial charge in [-0.05, 0) is 35.0 Å². The van der Waals surface area contributed by atoms with Crippen molar-refractivity contribution in [3.63, 3.8) is 0 Å². The SMILES string of the molecule is CCOC(=O)c1cnc2cc(C(F)(F)F)ccc2c1Br. The van der Waals surface area contributed by atoms with Gasteiger partial charge < -0.3 is 4.74 Å². The second-order valence-corrected chi connectivity index (χ2v) is 4.73. The monoisotopic (exact) mass is 347 g/mol. The average molecular weight is 348 g/mol. The lowest BCUT2D eigenvalue weighted by molar-refractivity contribution is -0.137. The third kappa shape index (κ3) is 2.77. The Hall–Kier alpha value is -1.63. The summed E-state index contributed by atoms with van der Waals surface area (Å²) >= 11 is 3.21. The van der Waals surface area contributed by atoms with Crippen LogP contribution in [-0.4, -0.2) is 17.6 Å². The maximum Gasteiger partial charge on any atom is 0.416 e. The number of alkyl halides is 3. The Morgan fingerprint density at radius 2 is 2.10 bits per heavy atom. The Bertz CT molecular complexity index is 670. The van der Waals surface area contributed by atoms with Crippen LogP contribution in [-0.2, 0) is 10.9 Å². The number of aromatic nitrogens is 1. The quantitative estimate of drug-likeness (QED) is 0.764. The van der Waals surface area contributed by atoms with Crippen molar-refractivity contribution in [2.75, 3.05) is 6.61 Å². The number of halogens is 4. The number of fused-ring (bicyclic) bond motifs is 1. The molecule has 2 aromatic rings. The van der Waals surface area contributed by atoms with E-state index in [9.17, 15) is 18.0 Å². The number of rotatable bonds is 2. The third-order valence-electron chi connectivity index (χ3n) is 2.63. The standard InChI is InChI=1S/C13H9BrF3NO2/c1-2-20-12(19)9-6-18-10-5-7(13(15,16)17)3-4-8(10)11(9)14/h3-6H,2H2,1H3. The predicted octanol–water partition coefficient (Wildman–Crippen LogP) is 4.19. The molecule has 3 nitrogen and oxygen atoms in total. The summed E-state index contributed by atoms with van der Waals surface area (Å²) in [5.74, 6) is -0.575. The molecule has 0 unspecified atom stereocenters. The van der Waals surface area contributed by atoms with Gasteiger partial charge in [0, 0.05) is 16.1 Å². The van der Waals surface area contributed by atoms with Crippen molar-refractivity contribution < 1.29 is 22.7 Å². The van der Waals surface area contributed by atoms with Gasteiger partial charge in [0.15, 0.2) is 0 Å². The van der Waals surface area contributed by atoms with Crippen LogP contribution in [0.3, 0.4) is 0 Å². The molecule has 0 amide bonds. The lowest BCUT2D eigenvalue weighted by atomic mass is 10.1. The number of esters is 1. The molecule has 0 spiro atoms. The number of hydrogen-bond donors (Lipinski definition) is 0. The van der Waals surface area contributed by atoms with Gasteiger partial charge in [0.05, 0.1) is 23.3 Å². The molecule has 1 heterocycles. The minimum Gasteiger partial charge on any atom is -0.462 e. The zero-order chi connectivity index (χ0) is 14.9. The Morgan fingerprint density at radius 1 is 1.40 bits per heavy atom. The van der Waals surface area contributed by atoms with Crippen LogP contribution >= 0.6 is 15.9 Å². The van der Waals surface area contributed by atoms with Gasteiger partial charge in [0.25, 0.3) is 0 Å². The van der Waals surface area contributed by atoms with Gasteiger partial charge in [0.2, 0.25) is 0 Å². The summed E-state index contributed by atoms with van der Waals surface area (Å²) in [5.41, 5.74) is -0.452. The maximum atomic E-state index is 12.6. The molecule has 0 fully saturated rings. The molecule has 0 saturated heterocycles. The normalized spacial score (nSPS) is 11.7. The van der Waals surface area contributed by atoms with E-state index < -0.39 is 17.7 Å². The summed E-state index contributed by atoms with van der Waals surface area (Å²) in [6, 6.07) is 3.16. The fraction of sp³-hybridized carbons (Fsp3) is 0.231. The highest BCUT2D eigenvalue weighted by molar-refractivity contribution is 9.10. The number of benzene rings is 1. The molecule has 7 heteroatoms. The lowest BCUT2D eigenvalue weighted by Gasteiger charge is -2.10. The molecular weight excluding hydrogens is 339 g/mol. The Morgan fingerprint density at radius 3 is 2.70 bits per heavy atom. The predicted molar refractivity (Wildman–Crippen MR) is 70.4 cm³/mol. The van der Waals surface area contributed by atoms with Gasteiger partial charge in [-0.2, -0.15) is 13.2 Å². The fourth-order valence-corrected chi connectivity index (χ4v) is 2.29. The van der Waals surface area contributed by atoms with Crippen molar-refractivity contribution in [1.29, 1.82) is 0 Å². The first-order chi connectivity index (χ1) is 9.34. The van der Waals surface area contributed by atoms with Crippen molar-refractivity contribution in [1.82, 2.24) is 4.98 Å². The van der Waals surface area contributed by atoms with E-state index in [1.165, 1.54) is 12.3 Å². The number of carbonyl (C=O) groups excluding carboxylic acids is 1. The van der Waals surface area contributed by atoms with E-state index in [-0.39, 0.29) is 17.7 Å². The van der Waals surface area contributed by atoms with E-state index in [0.29, 0.717) is 9.86 Å². The van der Waals surface area contributed by atoms with Crippen molar-refractivity contribution in [3.05, 3.63) is 40.0 Å². The molecule has 0 aliphatic rings. The molecule has 1 aromatic heterocycles. The highest BCUT2D eigenvalue weighted by Crippen LogP contribution is 2.33. The minimum absolute atomic E-state index is 0.153. The van der Waals surface area contributed by atoms with Gasteiger partial charge in [0.1, 0.15) is 0 Å². The fourth-order valence-electron chi connectivity index (χ4n) is 1.69. The van der Waals surface area contributed by atoms with Crippen molar-refractivity contribution >= 4 is 32.8 Å². The minimum atomic E-state index is -4.43. The van der Waals surface area contributed by atoms with E-state index in [1.807, 2.05) is 0 Å². The van der Waals surface area contributed by atoms with Crippen LogP contribution in [0.15, 0.2) is 28.9 Å². The van der Waals surface area contributed by atoms with Crippen LogP contribution in [0.4, 0.5) is 13.2 Å². The molecule has 0 atom stereocenters. The molecule has 0 aliphatic heterocycles. The molecule has 0 bridgehead atoms. The second-order valence-electron chi connectivity index (χ2n) is 3.94. The first kappa shape index (κ1) is 14.8. The summed E-state index contributed by atoms with van der Waals surface area (Å²) < 4.78 is 43.0. The number of nitrogens with zero attached hydrogens (tertiary/aromatic N) is 1. The molecule has 106 valence electrons. The molecule has 0 N–H and O–H groups in total. The van der Waals surface area contributed by atoms with Crippen LogP contribution in [0.1, 0.15) is 22.8 Å². The van der Waals surface area contributed by atoms with Crippen LogP contribution in [0, 0.1) is 0 Å². The van der Waals surface area contributed by atoms with Crippen LogP contribution in [0.2, 0.25) is 0 Å². The van der Waals surface area contributed by atoms with Gasteiger partial charge in [-0.15, -0.1) is 0 Å². The maximum absolute atomic E-state index is 12.6. The van der Waals surface area contributed by atoms with E-state index in [2.05, 4.69) is 20.9 Å². The van der Waals surface area contributed by atoms with Gasteiger partial charge in [-0.3, -0.25) is 4.98 Å². The van der Waals surface area contributed by atoms with Crippen molar-refractivity contribution in [2.24, 2.45) is 0 Å². The summed E-state index contributed by atoms with van der Waals surface area (Å²) in [6.45, 7) is 1.87. The van der Waals surface area contributed by atoms with E-state index in [4.69, 9.17) is 4.74 Å². The van der Waals surface area contributed by atoms with Crippen LogP contribution < -0.4 is 0 Å². The van der Waals surface area contributed by atoms with E-state index >= 15 is 0 Å². The molecule has 0 saturated carbocycles. The first-order valence-electron chi connectivity index (χ1n) is 5.67. The van der Waals surface area contributed by atoms with E-state index in [1.54, 1.807) is 6.92 Å². The zero-order valence-electron chi connectivity index (χ0n) is 10.3. The Kier molecular flexibility index (Phi) is 3.99. The molecule has 0 aliphatic carbocycles. The van der Waals surface area contributed by atoms with Gasteiger partial charge in [-0.25, -0.2) is 4.79 Å². The lowest BCUT2D eigenvalue weighted by Crippen LogP contribution is -2.07. The van der Waals surface area contributed by atoms with Crippen LogP contribution in [0.5, 0.6) is 0 Å². The zero-order valence-corrected chi connectivity index (χ0v) is 11.9. The summed E-state index contributed by atoms with van der Waals surface area (Å²) in [6.07, 6.45) is -3.23. The number of ether oxygens (including phenoxy) is 1. The van der Waals surface area contributed by atoms with Gasteiger partial charge in [-0.1, -0.05) is 6.07 Å². The summed E-state index contributed by atoms with van der Waals surface area (Å²) in [4.78, 5) is 15.6. The Balaban J connectivity index is 2.55. The Labute approximate surface area is 120 Å². The number of carbonyl (C=O) groups is 1. The first-order valence-corrected chi connectivity index (χ1v) is 6.46. The van der Waals surface area contributed by atoms with E-state index in [0.717, 1.165) is 12.1 Å². The smallest absolute Gasteiger partial charge is 0.416 e. The largest absolute Gasteiger partial charge is 0.462 e. The average Bonchev–Trinajstić information content (AvgIpc) is 2.38. The summed E-state index contributed by atoms with van der Waals surface area (Å²) in [5, 5.41) is 0.420.